The summed E-state index contributed by atoms with van der Waals surface area (Å²) in [4.78, 5) is 0. The Balaban J connectivity index is 1.77. The molecule has 4 rings (SSSR count). The average molecular weight is 465 g/mol. The van der Waals surface area contributed by atoms with Gasteiger partial charge in [-0.2, -0.15) is 0 Å². The van der Waals surface area contributed by atoms with Crippen LogP contribution in [0.15, 0.2) is 91.0 Å². The quantitative estimate of drug-likeness (QED) is 0.487. The van der Waals surface area contributed by atoms with Gasteiger partial charge >= 0.3 is 0 Å². The van der Waals surface area contributed by atoms with Crippen LogP contribution in [0.3, 0.4) is 0 Å². The lowest BCUT2D eigenvalue weighted by molar-refractivity contribution is -0.306. The van der Waals surface area contributed by atoms with E-state index in [1.807, 2.05) is 54.6 Å². The average Bonchev–Trinajstić information content (AvgIpc) is 2.91. The molecule has 0 unspecified atom stereocenters. The molecule has 180 valence electrons. The van der Waals surface area contributed by atoms with Gasteiger partial charge in [-0.25, -0.2) is 0 Å². The predicted octanol–water partition coefficient (Wildman–Crippen LogP) is 3.76. The number of hydrogen-bond donors (Lipinski definition) is 1. The molecule has 1 N–H and O–H groups in total. The highest BCUT2D eigenvalue weighted by Crippen LogP contribution is 2.41. The van der Waals surface area contributed by atoms with Crippen molar-refractivity contribution in [2.75, 3.05) is 27.9 Å². The zero-order valence-corrected chi connectivity index (χ0v) is 19.7. The van der Waals surface area contributed by atoms with Crippen LogP contribution in [-0.4, -0.2) is 63.7 Å². The van der Waals surface area contributed by atoms with Crippen LogP contribution in [0.5, 0.6) is 0 Å². The predicted molar refractivity (Wildman–Crippen MR) is 128 cm³/mol. The van der Waals surface area contributed by atoms with Crippen LogP contribution in [0, 0.1) is 0 Å². The largest absolute Gasteiger partial charge is 0.385 e. The monoisotopic (exact) mass is 464 g/mol. The van der Waals surface area contributed by atoms with E-state index in [-0.39, 0.29) is 6.61 Å². The maximum absolute atomic E-state index is 10.6. The third kappa shape index (κ3) is 4.66. The van der Waals surface area contributed by atoms with Crippen molar-refractivity contribution < 1.29 is 28.8 Å². The number of hydrogen-bond acceptors (Lipinski definition) is 6. The van der Waals surface area contributed by atoms with E-state index in [1.165, 1.54) is 14.2 Å². The first kappa shape index (κ1) is 24.5. The molecule has 0 aromatic heterocycles. The number of benzene rings is 3. The maximum Gasteiger partial charge on any atom is 0.186 e. The van der Waals surface area contributed by atoms with E-state index in [1.54, 1.807) is 7.11 Å². The number of aliphatic hydroxyl groups is 1. The van der Waals surface area contributed by atoms with Crippen molar-refractivity contribution in [3.8, 4) is 0 Å². The molecule has 0 radical (unpaired) electrons. The lowest BCUT2D eigenvalue weighted by atomic mass is 9.80. The van der Waals surface area contributed by atoms with Crippen LogP contribution >= 0.6 is 0 Å². The number of rotatable bonds is 9. The summed E-state index contributed by atoms with van der Waals surface area (Å²) in [5, 5.41) is 10.6. The smallest absolute Gasteiger partial charge is 0.186 e. The molecule has 0 aliphatic carbocycles. The van der Waals surface area contributed by atoms with E-state index in [9.17, 15) is 5.11 Å². The topological polar surface area (TPSA) is 66.4 Å². The Morgan fingerprint density at radius 1 is 0.676 bits per heavy atom. The molecule has 0 saturated carbocycles. The van der Waals surface area contributed by atoms with Crippen LogP contribution < -0.4 is 0 Å². The molecule has 5 atom stereocenters. The van der Waals surface area contributed by atoms with E-state index >= 15 is 0 Å². The van der Waals surface area contributed by atoms with Crippen molar-refractivity contribution in [2.45, 2.75) is 36.3 Å². The van der Waals surface area contributed by atoms with Gasteiger partial charge in [-0.1, -0.05) is 91.0 Å². The SMILES string of the molecule is CO[C@@H]1O[C@H](COC(c2ccccc2)(c2ccccc2)c2ccccc2)[C@@H](OC)[C@H](OC)[C@H]1O. The standard InChI is InChI=1S/C28H32O6/c1-30-25-23(34-27(32-3)24(29)26(25)31-2)19-33-28(20-13-7-4-8-14-20,21-15-9-5-10-16-21)22-17-11-6-12-18-22/h4-18,23-27,29H,19H2,1-3H3/t23-,24-,25-,26-,27-/m1/s1. The number of methoxy groups -OCH3 is 3. The molecule has 6 heteroatoms. The summed E-state index contributed by atoms with van der Waals surface area (Å²) >= 11 is 0. The van der Waals surface area contributed by atoms with Gasteiger partial charge in [0, 0.05) is 21.3 Å². The normalized spacial score (nSPS) is 25.2. The van der Waals surface area contributed by atoms with Gasteiger partial charge in [-0.3, -0.25) is 0 Å². The molecule has 34 heavy (non-hydrogen) atoms. The van der Waals surface area contributed by atoms with Crippen LogP contribution in [-0.2, 0) is 29.3 Å². The molecule has 1 aliphatic rings. The highest BCUT2D eigenvalue weighted by molar-refractivity contribution is 5.47. The van der Waals surface area contributed by atoms with Crippen molar-refractivity contribution in [3.05, 3.63) is 108 Å². The van der Waals surface area contributed by atoms with Crippen LogP contribution in [0.25, 0.3) is 0 Å². The van der Waals surface area contributed by atoms with Gasteiger partial charge in [-0.05, 0) is 16.7 Å². The second kappa shape index (κ2) is 11.2. The van der Waals surface area contributed by atoms with Crippen molar-refractivity contribution in [1.82, 2.24) is 0 Å². The van der Waals surface area contributed by atoms with Gasteiger partial charge in [0.2, 0.25) is 0 Å². The van der Waals surface area contributed by atoms with Gasteiger partial charge < -0.3 is 28.8 Å². The molecular formula is C28H32O6. The Bertz CT molecular complexity index is 901. The fraction of sp³-hybridized carbons (Fsp3) is 0.357. The first-order chi connectivity index (χ1) is 16.7. The van der Waals surface area contributed by atoms with E-state index in [0.717, 1.165) is 16.7 Å². The minimum Gasteiger partial charge on any atom is -0.385 e. The summed E-state index contributed by atoms with van der Waals surface area (Å²) in [5.41, 5.74) is 2.07. The molecule has 3 aromatic rings. The summed E-state index contributed by atoms with van der Waals surface area (Å²) in [5.74, 6) is 0. The summed E-state index contributed by atoms with van der Waals surface area (Å²) in [6.07, 6.45) is -3.56. The summed E-state index contributed by atoms with van der Waals surface area (Å²) in [7, 11) is 4.61. The highest BCUT2D eigenvalue weighted by Gasteiger charge is 2.48. The fourth-order valence-electron chi connectivity index (χ4n) is 4.76. The summed E-state index contributed by atoms with van der Waals surface area (Å²) < 4.78 is 29.6. The van der Waals surface area contributed by atoms with Gasteiger partial charge in [0.1, 0.15) is 30.0 Å². The summed E-state index contributed by atoms with van der Waals surface area (Å²) in [6.45, 7) is 0.170. The van der Waals surface area contributed by atoms with E-state index < -0.39 is 36.3 Å². The molecule has 1 aliphatic heterocycles. The molecular weight excluding hydrogens is 432 g/mol. The minimum absolute atomic E-state index is 0.170. The van der Waals surface area contributed by atoms with Crippen molar-refractivity contribution in [3.63, 3.8) is 0 Å². The van der Waals surface area contributed by atoms with Gasteiger partial charge in [0.15, 0.2) is 6.29 Å². The lowest BCUT2D eigenvalue weighted by Gasteiger charge is -2.44. The molecule has 0 spiro atoms. The Hall–Kier alpha value is -2.58. The first-order valence-corrected chi connectivity index (χ1v) is 11.4. The Kier molecular flexibility index (Phi) is 8.11. The third-order valence-corrected chi connectivity index (χ3v) is 6.40. The van der Waals surface area contributed by atoms with E-state index in [0.29, 0.717) is 0 Å². The van der Waals surface area contributed by atoms with Crippen LogP contribution in [0.4, 0.5) is 0 Å². The Morgan fingerprint density at radius 3 is 1.50 bits per heavy atom. The Labute approximate surface area is 201 Å². The minimum atomic E-state index is -0.988. The first-order valence-electron chi connectivity index (χ1n) is 11.4. The second-order valence-corrected chi connectivity index (χ2v) is 8.26. The van der Waals surface area contributed by atoms with Gasteiger partial charge in [-0.15, -0.1) is 0 Å². The maximum atomic E-state index is 10.6. The molecule has 3 aromatic carbocycles. The summed E-state index contributed by atoms with van der Waals surface area (Å²) in [6, 6.07) is 30.4. The molecule has 0 amide bonds. The molecule has 0 bridgehead atoms. The molecule has 1 heterocycles. The molecule has 6 nitrogen and oxygen atoms in total. The van der Waals surface area contributed by atoms with Crippen LogP contribution in [0.1, 0.15) is 16.7 Å². The zero-order chi connectivity index (χ0) is 24.0. The second-order valence-electron chi connectivity index (χ2n) is 8.26. The Morgan fingerprint density at radius 2 is 1.12 bits per heavy atom. The van der Waals surface area contributed by atoms with Gasteiger partial charge in [0.25, 0.3) is 0 Å². The lowest BCUT2D eigenvalue weighted by Crippen LogP contribution is -2.60. The van der Waals surface area contributed by atoms with Crippen molar-refractivity contribution in [1.29, 1.82) is 0 Å². The highest BCUT2D eigenvalue weighted by atomic mass is 16.7. The van der Waals surface area contributed by atoms with E-state index in [2.05, 4.69) is 36.4 Å². The van der Waals surface area contributed by atoms with Gasteiger partial charge in [0.05, 0.1) is 6.61 Å². The zero-order valence-electron chi connectivity index (χ0n) is 19.7. The fourth-order valence-corrected chi connectivity index (χ4v) is 4.76. The molecule has 1 fully saturated rings. The number of aliphatic hydroxyl groups excluding tert-OH is 1. The van der Waals surface area contributed by atoms with Crippen LogP contribution in [0.2, 0.25) is 0 Å². The molecule has 1 saturated heterocycles. The third-order valence-electron chi connectivity index (χ3n) is 6.40. The van der Waals surface area contributed by atoms with E-state index in [4.69, 9.17) is 23.7 Å². The van der Waals surface area contributed by atoms with Crippen molar-refractivity contribution in [2.24, 2.45) is 0 Å². The van der Waals surface area contributed by atoms with Crippen molar-refractivity contribution >= 4 is 0 Å². The number of ether oxygens (including phenoxy) is 5.